The molecule has 0 aliphatic rings. The summed E-state index contributed by atoms with van der Waals surface area (Å²) in [6.07, 6.45) is 0. The highest BCUT2D eigenvalue weighted by Crippen LogP contribution is 2.20. The van der Waals surface area contributed by atoms with E-state index in [-0.39, 0.29) is 28.7 Å². The first kappa shape index (κ1) is 19.6. The summed E-state index contributed by atoms with van der Waals surface area (Å²) in [5.74, 6) is 0.828. The Hall–Kier alpha value is -3.66. The van der Waals surface area contributed by atoms with Crippen LogP contribution in [0.3, 0.4) is 0 Å². The summed E-state index contributed by atoms with van der Waals surface area (Å²) in [5.41, 5.74) is 2.21. The normalized spacial score (nSPS) is 10.9. The van der Waals surface area contributed by atoms with Crippen LogP contribution >= 0.6 is 11.8 Å². The SMILES string of the molecule is COc1ccc(-c2nn3c(SCC(=O)Nc4ccccc4C)nnc3[nH]c2=O)cc1. The number of para-hydroxylation sites is 1. The molecular formula is C20H18N6O3S. The Balaban J connectivity index is 1.55. The highest BCUT2D eigenvalue weighted by molar-refractivity contribution is 7.99. The first-order chi connectivity index (χ1) is 14.5. The van der Waals surface area contributed by atoms with Crippen LogP contribution in [0.4, 0.5) is 5.69 Å². The van der Waals surface area contributed by atoms with Crippen LogP contribution in [0.25, 0.3) is 17.0 Å². The molecule has 0 aliphatic heterocycles. The van der Waals surface area contributed by atoms with Crippen molar-refractivity contribution in [2.45, 2.75) is 12.1 Å². The average Bonchev–Trinajstić information content (AvgIpc) is 3.15. The van der Waals surface area contributed by atoms with Gasteiger partial charge in [-0.3, -0.25) is 14.6 Å². The number of rotatable bonds is 6. The van der Waals surface area contributed by atoms with Crippen LogP contribution in [-0.4, -0.2) is 43.6 Å². The lowest BCUT2D eigenvalue weighted by atomic mass is 10.1. The van der Waals surface area contributed by atoms with Gasteiger partial charge in [0.25, 0.3) is 11.3 Å². The van der Waals surface area contributed by atoms with Crippen LogP contribution in [0.5, 0.6) is 5.75 Å². The topological polar surface area (TPSA) is 114 Å². The molecule has 4 rings (SSSR count). The van der Waals surface area contributed by atoms with Crippen molar-refractivity contribution < 1.29 is 9.53 Å². The molecule has 0 unspecified atom stereocenters. The predicted octanol–water partition coefficient (Wildman–Crippen LogP) is 2.53. The zero-order chi connectivity index (χ0) is 21.1. The maximum atomic E-state index is 12.4. The van der Waals surface area contributed by atoms with Gasteiger partial charge in [-0.2, -0.15) is 9.61 Å². The van der Waals surface area contributed by atoms with Crippen molar-refractivity contribution in [1.29, 1.82) is 0 Å². The molecular weight excluding hydrogens is 404 g/mol. The summed E-state index contributed by atoms with van der Waals surface area (Å²) in [6, 6.07) is 14.5. The third-order valence-electron chi connectivity index (χ3n) is 4.37. The van der Waals surface area contributed by atoms with Gasteiger partial charge in [-0.15, -0.1) is 10.2 Å². The number of H-pyrrole nitrogens is 1. The maximum absolute atomic E-state index is 12.4. The van der Waals surface area contributed by atoms with E-state index in [2.05, 4.69) is 25.6 Å². The number of aromatic amines is 1. The number of benzene rings is 2. The molecule has 0 fully saturated rings. The van der Waals surface area contributed by atoms with E-state index in [9.17, 15) is 9.59 Å². The Morgan fingerprint density at radius 1 is 1.17 bits per heavy atom. The Bertz CT molecular complexity index is 1270. The zero-order valence-corrected chi connectivity index (χ0v) is 17.1. The van der Waals surface area contributed by atoms with Gasteiger partial charge in [0.2, 0.25) is 11.1 Å². The minimum Gasteiger partial charge on any atom is -0.497 e. The van der Waals surface area contributed by atoms with Gasteiger partial charge in [0, 0.05) is 11.3 Å². The number of carbonyl (C=O) groups excluding carboxylic acids is 1. The fraction of sp³-hybridized carbons (Fsp3) is 0.150. The number of aromatic nitrogens is 5. The van der Waals surface area contributed by atoms with E-state index in [1.807, 2.05) is 31.2 Å². The third-order valence-corrected chi connectivity index (χ3v) is 5.29. The molecule has 2 N–H and O–H groups in total. The summed E-state index contributed by atoms with van der Waals surface area (Å²) in [4.78, 5) is 27.4. The quantitative estimate of drug-likeness (QED) is 0.459. The van der Waals surface area contributed by atoms with Crippen molar-refractivity contribution >= 4 is 29.1 Å². The maximum Gasteiger partial charge on any atom is 0.279 e. The first-order valence-electron chi connectivity index (χ1n) is 9.03. The van der Waals surface area contributed by atoms with E-state index in [0.29, 0.717) is 16.5 Å². The van der Waals surface area contributed by atoms with E-state index in [4.69, 9.17) is 4.74 Å². The fourth-order valence-electron chi connectivity index (χ4n) is 2.80. The van der Waals surface area contributed by atoms with Gasteiger partial charge in [0.05, 0.1) is 12.9 Å². The number of amides is 1. The number of ether oxygens (including phenoxy) is 1. The second kappa shape index (κ2) is 8.37. The third kappa shape index (κ3) is 4.03. The number of nitrogens with one attached hydrogen (secondary N) is 2. The molecule has 2 aromatic carbocycles. The van der Waals surface area contributed by atoms with Crippen molar-refractivity contribution in [3.05, 3.63) is 64.4 Å². The van der Waals surface area contributed by atoms with Crippen LogP contribution in [0.1, 0.15) is 5.56 Å². The molecule has 30 heavy (non-hydrogen) atoms. The first-order valence-corrected chi connectivity index (χ1v) is 10.0. The summed E-state index contributed by atoms with van der Waals surface area (Å²) in [7, 11) is 1.57. The van der Waals surface area contributed by atoms with E-state index in [0.717, 1.165) is 11.3 Å². The summed E-state index contributed by atoms with van der Waals surface area (Å²) >= 11 is 1.18. The number of carbonyl (C=O) groups is 1. The zero-order valence-electron chi connectivity index (χ0n) is 16.2. The number of fused-ring (bicyclic) bond motifs is 1. The van der Waals surface area contributed by atoms with Gasteiger partial charge in [-0.1, -0.05) is 30.0 Å². The van der Waals surface area contributed by atoms with Gasteiger partial charge < -0.3 is 10.1 Å². The molecule has 0 spiro atoms. The monoisotopic (exact) mass is 422 g/mol. The predicted molar refractivity (Wildman–Crippen MR) is 114 cm³/mol. The largest absolute Gasteiger partial charge is 0.497 e. The molecule has 10 heteroatoms. The fourth-order valence-corrected chi connectivity index (χ4v) is 3.48. The Labute approximate surface area is 175 Å². The molecule has 152 valence electrons. The lowest BCUT2D eigenvalue weighted by Crippen LogP contribution is -2.17. The highest BCUT2D eigenvalue weighted by atomic mass is 32.2. The molecule has 0 saturated carbocycles. The second-order valence-corrected chi connectivity index (χ2v) is 7.34. The standard InChI is InChI=1S/C20H18N6O3S/c1-12-5-3-4-6-15(12)21-16(27)11-30-20-24-23-19-22-18(28)17(25-26(19)20)13-7-9-14(29-2)10-8-13/h3-10H,11H2,1-2H3,(H,21,27)(H,22,23,28). The van der Waals surface area contributed by atoms with Crippen molar-refractivity contribution in [1.82, 2.24) is 24.8 Å². The van der Waals surface area contributed by atoms with Crippen molar-refractivity contribution in [3.63, 3.8) is 0 Å². The molecule has 9 nitrogen and oxygen atoms in total. The molecule has 4 aromatic rings. The minimum absolute atomic E-state index is 0.119. The molecule has 2 heterocycles. The number of hydrogen-bond acceptors (Lipinski definition) is 7. The Morgan fingerprint density at radius 3 is 2.67 bits per heavy atom. The minimum atomic E-state index is -0.381. The van der Waals surface area contributed by atoms with Gasteiger partial charge in [-0.25, -0.2) is 0 Å². The summed E-state index contributed by atoms with van der Waals surface area (Å²) < 4.78 is 6.57. The van der Waals surface area contributed by atoms with Gasteiger partial charge in [0.1, 0.15) is 5.75 Å². The number of aryl methyl sites for hydroxylation is 1. The molecule has 2 aromatic heterocycles. The van der Waals surface area contributed by atoms with Crippen LogP contribution in [0.2, 0.25) is 0 Å². The van der Waals surface area contributed by atoms with Crippen molar-refractivity contribution in [2.24, 2.45) is 0 Å². The van der Waals surface area contributed by atoms with Gasteiger partial charge >= 0.3 is 0 Å². The number of methoxy groups -OCH3 is 1. The molecule has 0 bridgehead atoms. The van der Waals surface area contributed by atoms with Crippen LogP contribution < -0.4 is 15.6 Å². The van der Waals surface area contributed by atoms with E-state index in [1.165, 1.54) is 16.3 Å². The number of anilines is 1. The highest BCUT2D eigenvalue weighted by Gasteiger charge is 2.15. The molecule has 1 amide bonds. The van der Waals surface area contributed by atoms with Crippen LogP contribution in [0.15, 0.2) is 58.5 Å². The Kier molecular flexibility index (Phi) is 5.48. The summed E-state index contributed by atoms with van der Waals surface area (Å²) in [5, 5.41) is 15.6. The van der Waals surface area contributed by atoms with Crippen LogP contribution in [-0.2, 0) is 4.79 Å². The second-order valence-electron chi connectivity index (χ2n) is 6.40. The number of thioether (sulfide) groups is 1. The Morgan fingerprint density at radius 2 is 1.93 bits per heavy atom. The number of nitrogens with zero attached hydrogens (tertiary/aromatic N) is 4. The van der Waals surface area contributed by atoms with E-state index in [1.54, 1.807) is 31.4 Å². The molecule has 0 saturated heterocycles. The number of hydrogen-bond donors (Lipinski definition) is 2. The van der Waals surface area contributed by atoms with E-state index >= 15 is 0 Å². The molecule has 0 aliphatic carbocycles. The van der Waals surface area contributed by atoms with Crippen molar-refractivity contribution in [3.8, 4) is 17.0 Å². The van der Waals surface area contributed by atoms with E-state index < -0.39 is 0 Å². The smallest absolute Gasteiger partial charge is 0.279 e. The van der Waals surface area contributed by atoms with Crippen LogP contribution in [0, 0.1) is 6.92 Å². The molecule has 0 radical (unpaired) electrons. The summed E-state index contributed by atoms with van der Waals surface area (Å²) in [6.45, 7) is 1.93. The lowest BCUT2D eigenvalue weighted by molar-refractivity contribution is -0.113. The van der Waals surface area contributed by atoms with Crippen molar-refractivity contribution in [2.75, 3.05) is 18.2 Å². The lowest BCUT2D eigenvalue weighted by Gasteiger charge is -2.07. The average molecular weight is 422 g/mol. The van der Waals surface area contributed by atoms with Gasteiger partial charge in [0.15, 0.2) is 5.69 Å². The molecule has 0 atom stereocenters. The van der Waals surface area contributed by atoms with Gasteiger partial charge in [-0.05, 0) is 42.8 Å².